The zero-order valence-corrected chi connectivity index (χ0v) is 21.5. The van der Waals surface area contributed by atoms with E-state index in [9.17, 15) is 4.79 Å². The van der Waals surface area contributed by atoms with Gasteiger partial charge in [0.1, 0.15) is 11.6 Å². The quantitative estimate of drug-likeness (QED) is 0.205. The van der Waals surface area contributed by atoms with Gasteiger partial charge >= 0.3 is 5.97 Å². The summed E-state index contributed by atoms with van der Waals surface area (Å²) in [7, 11) is 4.85. The van der Waals surface area contributed by atoms with E-state index >= 15 is 0 Å². The van der Waals surface area contributed by atoms with Gasteiger partial charge in [-0.1, -0.05) is 42.5 Å². The van der Waals surface area contributed by atoms with E-state index in [1.807, 2.05) is 60.7 Å². The Balaban J connectivity index is 1.68. The number of rotatable bonds is 11. The van der Waals surface area contributed by atoms with Crippen molar-refractivity contribution in [2.75, 3.05) is 39.8 Å². The number of fused-ring (bicyclic) bond motifs is 1. The normalized spacial score (nSPS) is 10.7. The van der Waals surface area contributed by atoms with Gasteiger partial charge in [-0.15, -0.1) is 0 Å². The first-order valence-corrected chi connectivity index (χ1v) is 12.1. The molecule has 0 atom stereocenters. The van der Waals surface area contributed by atoms with E-state index in [-0.39, 0.29) is 5.97 Å². The molecular formula is C29H31N3O5. The van der Waals surface area contributed by atoms with Gasteiger partial charge in [0.2, 0.25) is 0 Å². The second-order valence-electron chi connectivity index (χ2n) is 8.23. The number of esters is 1. The Morgan fingerprint density at radius 3 is 2.22 bits per heavy atom. The average molecular weight is 502 g/mol. The Kier molecular flexibility index (Phi) is 8.40. The molecule has 0 aliphatic rings. The average Bonchev–Trinajstić information content (AvgIpc) is 2.94. The molecule has 4 rings (SSSR count). The molecule has 1 aromatic heterocycles. The summed E-state index contributed by atoms with van der Waals surface area (Å²) in [5, 5.41) is 4.16. The third-order valence-electron chi connectivity index (χ3n) is 5.92. The summed E-state index contributed by atoms with van der Waals surface area (Å²) < 4.78 is 21.5. The second kappa shape index (κ2) is 12.1. The van der Waals surface area contributed by atoms with Crippen molar-refractivity contribution < 1.29 is 23.7 Å². The fourth-order valence-corrected chi connectivity index (χ4v) is 4.07. The number of para-hydroxylation sites is 1. The van der Waals surface area contributed by atoms with Gasteiger partial charge in [0.25, 0.3) is 0 Å². The van der Waals surface area contributed by atoms with Crippen molar-refractivity contribution in [1.82, 2.24) is 9.97 Å². The molecule has 1 heterocycles. The summed E-state index contributed by atoms with van der Waals surface area (Å²) in [5.41, 5.74) is 3.62. The minimum Gasteiger partial charge on any atom is -0.496 e. The molecule has 0 aliphatic carbocycles. The summed E-state index contributed by atoms with van der Waals surface area (Å²) in [6, 6.07) is 19.6. The Bertz CT molecular complexity index is 1370. The number of carbonyl (C=O) groups is 1. The summed E-state index contributed by atoms with van der Waals surface area (Å²) >= 11 is 0. The number of nitrogens with one attached hydrogen (secondary N) is 1. The minimum atomic E-state index is -0.209. The van der Waals surface area contributed by atoms with Gasteiger partial charge in [-0.3, -0.25) is 4.79 Å². The van der Waals surface area contributed by atoms with Crippen molar-refractivity contribution in [3.63, 3.8) is 0 Å². The molecular weight excluding hydrogens is 470 g/mol. The number of hydrogen-bond donors (Lipinski definition) is 1. The number of methoxy groups -OCH3 is 3. The molecule has 0 fully saturated rings. The second-order valence-corrected chi connectivity index (χ2v) is 8.23. The number of hydrogen-bond acceptors (Lipinski definition) is 8. The highest BCUT2D eigenvalue weighted by Crippen LogP contribution is 2.36. The van der Waals surface area contributed by atoms with Crippen LogP contribution in [0.25, 0.3) is 33.4 Å². The van der Waals surface area contributed by atoms with Crippen LogP contribution in [0.3, 0.4) is 0 Å². The predicted octanol–water partition coefficient (Wildman–Crippen LogP) is 5.74. The maximum absolute atomic E-state index is 11.7. The third-order valence-corrected chi connectivity index (χ3v) is 5.92. The van der Waals surface area contributed by atoms with Crippen LogP contribution in [0.15, 0.2) is 60.7 Å². The summed E-state index contributed by atoms with van der Waals surface area (Å²) in [4.78, 5) is 21.4. The van der Waals surface area contributed by atoms with Gasteiger partial charge < -0.3 is 24.3 Å². The van der Waals surface area contributed by atoms with Crippen LogP contribution in [0.4, 0.5) is 5.82 Å². The van der Waals surface area contributed by atoms with Crippen molar-refractivity contribution >= 4 is 22.7 Å². The topological polar surface area (TPSA) is 91.8 Å². The van der Waals surface area contributed by atoms with Crippen LogP contribution in [0, 0.1) is 0 Å². The molecule has 0 unspecified atom stereocenters. The highest BCUT2D eigenvalue weighted by molar-refractivity contribution is 5.93. The number of nitrogens with zero attached hydrogens (tertiary/aromatic N) is 2. The van der Waals surface area contributed by atoms with Crippen LogP contribution in [0.5, 0.6) is 17.2 Å². The van der Waals surface area contributed by atoms with Crippen LogP contribution in [-0.4, -0.2) is 50.4 Å². The minimum absolute atomic E-state index is 0.209. The fraction of sp³-hybridized carbons (Fsp3) is 0.276. The van der Waals surface area contributed by atoms with E-state index in [1.165, 1.54) is 0 Å². The fourth-order valence-electron chi connectivity index (χ4n) is 4.07. The monoisotopic (exact) mass is 501 g/mol. The first-order valence-electron chi connectivity index (χ1n) is 12.1. The van der Waals surface area contributed by atoms with Crippen LogP contribution in [0.2, 0.25) is 0 Å². The summed E-state index contributed by atoms with van der Waals surface area (Å²) in [6.45, 7) is 2.73. The first-order chi connectivity index (χ1) is 18.1. The predicted molar refractivity (Wildman–Crippen MR) is 144 cm³/mol. The third kappa shape index (κ3) is 5.91. The van der Waals surface area contributed by atoms with Gasteiger partial charge in [0.05, 0.1) is 33.5 Å². The molecule has 4 aromatic rings. The van der Waals surface area contributed by atoms with Gasteiger partial charge in [-0.25, -0.2) is 9.97 Å². The molecule has 0 aliphatic heterocycles. The molecule has 0 saturated heterocycles. The van der Waals surface area contributed by atoms with Crippen molar-refractivity contribution in [2.24, 2.45) is 0 Å². The first kappa shape index (κ1) is 25.8. The van der Waals surface area contributed by atoms with E-state index in [4.69, 9.17) is 28.9 Å². The molecule has 8 heteroatoms. The highest BCUT2D eigenvalue weighted by Gasteiger charge is 2.15. The lowest BCUT2D eigenvalue weighted by atomic mass is 10.0. The Hall–Kier alpha value is -4.33. The van der Waals surface area contributed by atoms with Crippen LogP contribution in [0.1, 0.15) is 19.8 Å². The van der Waals surface area contributed by atoms with E-state index in [2.05, 4.69) is 5.32 Å². The molecule has 192 valence electrons. The number of carbonyl (C=O) groups excluding carboxylic acids is 1. The highest BCUT2D eigenvalue weighted by atomic mass is 16.5. The summed E-state index contributed by atoms with van der Waals surface area (Å²) in [5.74, 6) is 2.99. The van der Waals surface area contributed by atoms with Crippen LogP contribution in [-0.2, 0) is 9.53 Å². The molecule has 0 spiro atoms. The molecule has 0 radical (unpaired) electrons. The Morgan fingerprint density at radius 1 is 0.838 bits per heavy atom. The van der Waals surface area contributed by atoms with E-state index in [0.29, 0.717) is 54.7 Å². The number of aromatic nitrogens is 2. The standard InChI is InChI=1S/C29H31N3O5/c1-5-37-27(33)11-8-16-30-29-22-17-25(35-3)26(36-4)18-23(22)31-28(32-29)20-14-12-19(13-15-20)21-9-6-7-10-24(21)34-2/h6-7,9-10,12-15,17-18H,5,8,11,16H2,1-4H3,(H,30,31,32). The lowest BCUT2D eigenvalue weighted by Crippen LogP contribution is -2.10. The van der Waals surface area contributed by atoms with Crippen molar-refractivity contribution in [3.8, 4) is 39.8 Å². The van der Waals surface area contributed by atoms with Gasteiger partial charge in [0, 0.05) is 35.5 Å². The molecule has 37 heavy (non-hydrogen) atoms. The Labute approximate surface area is 216 Å². The van der Waals surface area contributed by atoms with Crippen LogP contribution >= 0.6 is 0 Å². The van der Waals surface area contributed by atoms with Gasteiger partial charge in [-0.2, -0.15) is 0 Å². The van der Waals surface area contributed by atoms with E-state index in [0.717, 1.165) is 27.8 Å². The molecule has 0 bridgehead atoms. The zero-order chi connectivity index (χ0) is 26.2. The molecule has 1 N–H and O–H groups in total. The largest absolute Gasteiger partial charge is 0.496 e. The molecule has 0 saturated carbocycles. The van der Waals surface area contributed by atoms with Crippen LogP contribution < -0.4 is 19.5 Å². The molecule has 3 aromatic carbocycles. The zero-order valence-electron chi connectivity index (χ0n) is 21.5. The van der Waals surface area contributed by atoms with E-state index < -0.39 is 0 Å². The van der Waals surface area contributed by atoms with Crippen molar-refractivity contribution in [3.05, 3.63) is 60.7 Å². The SMILES string of the molecule is CCOC(=O)CCCNc1nc(-c2ccc(-c3ccccc3OC)cc2)nc2cc(OC)c(OC)cc12. The van der Waals surface area contributed by atoms with Gasteiger partial charge in [0.15, 0.2) is 17.3 Å². The maximum atomic E-state index is 11.7. The maximum Gasteiger partial charge on any atom is 0.305 e. The smallest absolute Gasteiger partial charge is 0.305 e. The van der Waals surface area contributed by atoms with Gasteiger partial charge in [-0.05, 0) is 31.0 Å². The lowest BCUT2D eigenvalue weighted by Gasteiger charge is -2.14. The number of benzene rings is 3. The molecule has 0 amide bonds. The number of anilines is 1. The van der Waals surface area contributed by atoms with Crippen molar-refractivity contribution in [1.29, 1.82) is 0 Å². The van der Waals surface area contributed by atoms with E-state index in [1.54, 1.807) is 28.3 Å². The lowest BCUT2D eigenvalue weighted by molar-refractivity contribution is -0.143. The summed E-state index contributed by atoms with van der Waals surface area (Å²) in [6.07, 6.45) is 0.943. The Morgan fingerprint density at radius 2 is 1.51 bits per heavy atom. The molecule has 8 nitrogen and oxygen atoms in total. The number of ether oxygens (including phenoxy) is 4. The van der Waals surface area contributed by atoms with Crippen molar-refractivity contribution in [2.45, 2.75) is 19.8 Å².